The van der Waals surface area contributed by atoms with Gasteiger partial charge in [0.2, 0.25) is 0 Å². The van der Waals surface area contributed by atoms with Gasteiger partial charge in [0.1, 0.15) is 6.29 Å². The topological polar surface area (TPSA) is 17.1 Å². The monoisotopic (exact) mass is 196 g/mol. The van der Waals surface area contributed by atoms with E-state index in [0.29, 0.717) is 18.3 Å². The van der Waals surface area contributed by atoms with E-state index in [-0.39, 0.29) is 0 Å². The first-order valence-corrected chi connectivity index (χ1v) is 5.46. The first-order valence-electron chi connectivity index (χ1n) is 4.65. The zero-order chi connectivity index (χ0) is 9.84. The van der Waals surface area contributed by atoms with Gasteiger partial charge in [0, 0.05) is 22.1 Å². The predicted octanol–water partition coefficient (Wildman–Crippen LogP) is 3.39. The SMILES string of the molecule is Cc1ccc(C(CC=O)C(C)C)s1. The third kappa shape index (κ3) is 2.66. The molecule has 0 amide bonds. The minimum absolute atomic E-state index is 0.413. The van der Waals surface area contributed by atoms with Crippen LogP contribution in [0.1, 0.15) is 35.9 Å². The van der Waals surface area contributed by atoms with Gasteiger partial charge in [-0.2, -0.15) is 0 Å². The summed E-state index contributed by atoms with van der Waals surface area (Å²) >= 11 is 1.81. The van der Waals surface area contributed by atoms with E-state index in [2.05, 4.69) is 32.9 Å². The summed E-state index contributed by atoms with van der Waals surface area (Å²) in [6, 6.07) is 4.27. The van der Waals surface area contributed by atoms with Gasteiger partial charge in [-0.25, -0.2) is 0 Å². The van der Waals surface area contributed by atoms with Gasteiger partial charge in [-0.1, -0.05) is 13.8 Å². The average Bonchev–Trinajstić information content (AvgIpc) is 2.46. The Morgan fingerprint density at radius 1 is 1.46 bits per heavy atom. The number of thiophene rings is 1. The Morgan fingerprint density at radius 3 is 2.54 bits per heavy atom. The van der Waals surface area contributed by atoms with Gasteiger partial charge in [-0.05, 0) is 25.0 Å². The van der Waals surface area contributed by atoms with Crippen molar-refractivity contribution in [2.45, 2.75) is 33.1 Å². The molecular weight excluding hydrogens is 180 g/mol. The average molecular weight is 196 g/mol. The second kappa shape index (κ2) is 4.56. The number of rotatable bonds is 4. The third-order valence-electron chi connectivity index (χ3n) is 2.28. The highest BCUT2D eigenvalue weighted by molar-refractivity contribution is 7.12. The quantitative estimate of drug-likeness (QED) is 0.675. The minimum atomic E-state index is 0.413. The molecule has 0 aliphatic rings. The molecule has 0 bridgehead atoms. The number of aryl methyl sites for hydroxylation is 1. The van der Waals surface area contributed by atoms with Gasteiger partial charge >= 0.3 is 0 Å². The molecule has 0 saturated heterocycles. The van der Waals surface area contributed by atoms with Crippen molar-refractivity contribution >= 4 is 17.6 Å². The molecule has 1 rings (SSSR count). The van der Waals surface area contributed by atoms with Crippen molar-refractivity contribution in [3.8, 4) is 0 Å². The Balaban J connectivity index is 2.81. The molecule has 0 fully saturated rings. The van der Waals surface area contributed by atoms with Gasteiger partial charge < -0.3 is 4.79 Å². The van der Waals surface area contributed by atoms with Gasteiger partial charge in [-0.3, -0.25) is 0 Å². The molecule has 1 nitrogen and oxygen atoms in total. The Hall–Kier alpha value is -0.630. The predicted molar refractivity (Wildman–Crippen MR) is 57.3 cm³/mol. The van der Waals surface area contributed by atoms with Crippen LogP contribution in [0.3, 0.4) is 0 Å². The lowest BCUT2D eigenvalue weighted by Crippen LogP contribution is -2.05. The molecule has 1 aromatic heterocycles. The molecule has 0 N–H and O–H groups in total. The van der Waals surface area contributed by atoms with E-state index in [1.165, 1.54) is 9.75 Å². The molecule has 1 heterocycles. The summed E-state index contributed by atoms with van der Waals surface area (Å²) in [7, 11) is 0. The Morgan fingerprint density at radius 2 is 2.15 bits per heavy atom. The van der Waals surface area contributed by atoms with Crippen LogP contribution in [-0.4, -0.2) is 6.29 Å². The fraction of sp³-hybridized carbons (Fsp3) is 0.545. The van der Waals surface area contributed by atoms with Crippen molar-refractivity contribution in [2.24, 2.45) is 5.92 Å². The number of carbonyl (C=O) groups is 1. The second-order valence-corrected chi connectivity index (χ2v) is 5.02. The van der Waals surface area contributed by atoms with Crippen molar-refractivity contribution in [1.82, 2.24) is 0 Å². The van der Waals surface area contributed by atoms with E-state index < -0.39 is 0 Å². The van der Waals surface area contributed by atoms with Gasteiger partial charge in [0.25, 0.3) is 0 Å². The first kappa shape index (κ1) is 10.5. The zero-order valence-corrected chi connectivity index (χ0v) is 9.23. The van der Waals surface area contributed by atoms with E-state index in [9.17, 15) is 4.79 Å². The lowest BCUT2D eigenvalue weighted by molar-refractivity contribution is -0.108. The summed E-state index contributed by atoms with van der Waals surface area (Å²) in [6.45, 7) is 6.44. The fourth-order valence-corrected chi connectivity index (χ4v) is 2.64. The molecular formula is C11H16OS. The van der Waals surface area contributed by atoms with Crippen LogP contribution in [0.25, 0.3) is 0 Å². The molecule has 0 saturated carbocycles. The second-order valence-electron chi connectivity index (χ2n) is 3.70. The Labute approximate surface area is 83.8 Å². The highest BCUT2D eigenvalue weighted by atomic mass is 32.1. The molecule has 13 heavy (non-hydrogen) atoms. The molecule has 0 radical (unpaired) electrons. The smallest absolute Gasteiger partial charge is 0.120 e. The molecule has 0 aromatic carbocycles. The van der Waals surface area contributed by atoms with Crippen LogP contribution in [0.15, 0.2) is 12.1 Å². The molecule has 1 atom stereocenters. The third-order valence-corrected chi connectivity index (χ3v) is 3.41. The number of aldehydes is 1. The van der Waals surface area contributed by atoms with Crippen molar-refractivity contribution < 1.29 is 4.79 Å². The summed E-state index contributed by atoms with van der Waals surface area (Å²) in [4.78, 5) is 13.2. The van der Waals surface area contributed by atoms with E-state index in [0.717, 1.165) is 6.29 Å². The van der Waals surface area contributed by atoms with Gasteiger partial charge in [0.05, 0.1) is 0 Å². The van der Waals surface area contributed by atoms with Crippen molar-refractivity contribution in [3.05, 3.63) is 21.9 Å². The summed E-state index contributed by atoms with van der Waals surface area (Å²) in [5.74, 6) is 0.958. The molecule has 0 aliphatic carbocycles. The summed E-state index contributed by atoms with van der Waals surface area (Å²) < 4.78 is 0. The maximum absolute atomic E-state index is 10.5. The standard InChI is InChI=1S/C11H16OS/c1-8(2)10(6-7-12)11-5-4-9(3)13-11/h4-5,7-8,10H,6H2,1-3H3. The summed E-state index contributed by atoms with van der Waals surface area (Å²) in [5.41, 5.74) is 0. The number of hydrogen-bond acceptors (Lipinski definition) is 2. The van der Waals surface area contributed by atoms with Crippen LogP contribution < -0.4 is 0 Å². The lowest BCUT2D eigenvalue weighted by atomic mass is 9.92. The fourth-order valence-electron chi connectivity index (χ4n) is 1.47. The Bertz CT molecular complexity index is 275. The Kier molecular flexibility index (Phi) is 3.67. The normalized spacial score (nSPS) is 13.2. The van der Waals surface area contributed by atoms with Crippen molar-refractivity contribution in [2.75, 3.05) is 0 Å². The van der Waals surface area contributed by atoms with Crippen molar-refractivity contribution in [3.63, 3.8) is 0 Å². The maximum atomic E-state index is 10.5. The highest BCUT2D eigenvalue weighted by Crippen LogP contribution is 2.32. The molecule has 72 valence electrons. The molecule has 1 aromatic rings. The van der Waals surface area contributed by atoms with Gasteiger partial charge in [-0.15, -0.1) is 11.3 Å². The number of carbonyl (C=O) groups excluding carboxylic acids is 1. The van der Waals surface area contributed by atoms with E-state index in [1.54, 1.807) is 11.3 Å². The van der Waals surface area contributed by atoms with Crippen molar-refractivity contribution in [1.29, 1.82) is 0 Å². The van der Waals surface area contributed by atoms with Crippen LogP contribution in [0.2, 0.25) is 0 Å². The molecule has 1 unspecified atom stereocenters. The minimum Gasteiger partial charge on any atom is -0.303 e. The van der Waals surface area contributed by atoms with E-state index in [1.807, 2.05) is 0 Å². The maximum Gasteiger partial charge on any atom is 0.120 e. The largest absolute Gasteiger partial charge is 0.303 e. The summed E-state index contributed by atoms with van der Waals surface area (Å²) in [5, 5.41) is 0. The van der Waals surface area contributed by atoms with Crippen LogP contribution in [0.5, 0.6) is 0 Å². The molecule has 2 heteroatoms. The highest BCUT2D eigenvalue weighted by Gasteiger charge is 2.16. The molecule has 0 spiro atoms. The van der Waals surface area contributed by atoms with Crippen LogP contribution in [0.4, 0.5) is 0 Å². The van der Waals surface area contributed by atoms with Gasteiger partial charge in [0.15, 0.2) is 0 Å². The van der Waals surface area contributed by atoms with E-state index in [4.69, 9.17) is 0 Å². The van der Waals surface area contributed by atoms with E-state index >= 15 is 0 Å². The first-order chi connectivity index (χ1) is 6.15. The summed E-state index contributed by atoms with van der Waals surface area (Å²) in [6.07, 6.45) is 1.68. The van der Waals surface area contributed by atoms with Crippen LogP contribution in [0, 0.1) is 12.8 Å². The van der Waals surface area contributed by atoms with Crippen LogP contribution >= 0.6 is 11.3 Å². The zero-order valence-electron chi connectivity index (χ0n) is 8.41. The molecule has 0 aliphatic heterocycles. The lowest BCUT2D eigenvalue weighted by Gasteiger charge is -2.16. The van der Waals surface area contributed by atoms with Crippen LogP contribution in [-0.2, 0) is 4.79 Å². The number of hydrogen-bond donors (Lipinski definition) is 0.